The Morgan fingerprint density at radius 2 is 2.00 bits per heavy atom. The summed E-state index contributed by atoms with van der Waals surface area (Å²) in [7, 11) is 3.91. The van der Waals surface area contributed by atoms with Crippen LogP contribution in [0.2, 0.25) is 0 Å². The molecule has 0 aliphatic carbocycles. The van der Waals surface area contributed by atoms with E-state index in [0.717, 1.165) is 38.0 Å². The molecule has 4 heteroatoms. The molecule has 0 unspecified atom stereocenters. The van der Waals surface area contributed by atoms with Gasteiger partial charge >= 0.3 is 0 Å². The summed E-state index contributed by atoms with van der Waals surface area (Å²) in [5.74, 6) is 0.106. The monoisotopic (exact) mass is 289 g/mol. The first-order chi connectivity index (χ1) is 9.92. The van der Waals surface area contributed by atoms with Crippen LogP contribution in [0.4, 0.5) is 11.4 Å². The van der Waals surface area contributed by atoms with Crippen LogP contribution in [0.1, 0.15) is 43.5 Å². The van der Waals surface area contributed by atoms with Gasteiger partial charge in [-0.05, 0) is 42.9 Å². The Kier molecular flexibility index (Phi) is 4.45. The summed E-state index contributed by atoms with van der Waals surface area (Å²) in [5.41, 5.74) is 8.46. The van der Waals surface area contributed by atoms with Gasteiger partial charge in [0, 0.05) is 38.6 Å². The van der Waals surface area contributed by atoms with Gasteiger partial charge in [0.2, 0.25) is 0 Å². The SMILES string of the molecule is CCC1(CC)CCN(C(=O)c2cc(N)ccc2N(C)C)C1. The van der Waals surface area contributed by atoms with Crippen LogP contribution in [0.5, 0.6) is 0 Å². The quantitative estimate of drug-likeness (QED) is 0.867. The predicted molar refractivity (Wildman–Crippen MR) is 88.7 cm³/mol. The third kappa shape index (κ3) is 2.99. The number of benzene rings is 1. The number of anilines is 2. The van der Waals surface area contributed by atoms with Gasteiger partial charge in [0.1, 0.15) is 0 Å². The first-order valence-corrected chi connectivity index (χ1v) is 7.78. The van der Waals surface area contributed by atoms with Crippen LogP contribution in [0.25, 0.3) is 0 Å². The molecule has 0 spiro atoms. The molecule has 1 saturated heterocycles. The Hall–Kier alpha value is -1.71. The lowest BCUT2D eigenvalue weighted by Gasteiger charge is -2.27. The van der Waals surface area contributed by atoms with Crippen LogP contribution >= 0.6 is 0 Å². The summed E-state index contributed by atoms with van der Waals surface area (Å²) in [6.07, 6.45) is 3.36. The molecule has 1 aromatic rings. The van der Waals surface area contributed by atoms with E-state index in [1.807, 2.05) is 36.0 Å². The molecule has 0 atom stereocenters. The van der Waals surface area contributed by atoms with Gasteiger partial charge in [-0.3, -0.25) is 4.79 Å². The zero-order valence-electron chi connectivity index (χ0n) is 13.6. The minimum absolute atomic E-state index is 0.106. The fourth-order valence-corrected chi connectivity index (χ4v) is 3.22. The van der Waals surface area contributed by atoms with Crippen molar-refractivity contribution in [3.05, 3.63) is 23.8 Å². The van der Waals surface area contributed by atoms with Crippen LogP contribution in [0.3, 0.4) is 0 Å². The number of nitrogens with zero attached hydrogens (tertiary/aromatic N) is 2. The number of rotatable bonds is 4. The lowest BCUT2D eigenvalue weighted by Crippen LogP contribution is -2.32. The minimum Gasteiger partial charge on any atom is -0.399 e. The summed E-state index contributed by atoms with van der Waals surface area (Å²) < 4.78 is 0. The molecule has 0 radical (unpaired) electrons. The molecule has 2 N–H and O–H groups in total. The summed E-state index contributed by atoms with van der Waals surface area (Å²) in [5, 5.41) is 0. The third-order valence-corrected chi connectivity index (χ3v) is 4.96. The lowest BCUT2D eigenvalue weighted by atomic mass is 9.82. The molecule has 1 aliphatic rings. The average Bonchev–Trinajstić information content (AvgIpc) is 2.91. The molecule has 1 fully saturated rings. The topological polar surface area (TPSA) is 49.6 Å². The van der Waals surface area contributed by atoms with Crippen molar-refractivity contribution < 1.29 is 4.79 Å². The first-order valence-electron chi connectivity index (χ1n) is 7.78. The van der Waals surface area contributed by atoms with E-state index in [0.29, 0.717) is 16.7 Å². The second kappa shape index (κ2) is 5.96. The van der Waals surface area contributed by atoms with Gasteiger partial charge in [-0.1, -0.05) is 13.8 Å². The van der Waals surface area contributed by atoms with E-state index in [2.05, 4.69) is 13.8 Å². The highest BCUT2D eigenvalue weighted by Gasteiger charge is 2.37. The third-order valence-electron chi connectivity index (χ3n) is 4.96. The number of hydrogen-bond acceptors (Lipinski definition) is 3. The molecule has 1 aliphatic heterocycles. The molecule has 116 valence electrons. The van der Waals surface area contributed by atoms with Crippen molar-refractivity contribution in [3.8, 4) is 0 Å². The van der Waals surface area contributed by atoms with Crippen molar-refractivity contribution in [2.75, 3.05) is 37.8 Å². The smallest absolute Gasteiger partial charge is 0.256 e. The van der Waals surface area contributed by atoms with E-state index in [-0.39, 0.29) is 5.91 Å². The van der Waals surface area contributed by atoms with Crippen LogP contribution in [0, 0.1) is 5.41 Å². The zero-order valence-corrected chi connectivity index (χ0v) is 13.6. The van der Waals surface area contributed by atoms with E-state index >= 15 is 0 Å². The van der Waals surface area contributed by atoms with E-state index in [9.17, 15) is 4.79 Å². The highest BCUT2D eigenvalue weighted by molar-refractivity contribution is 6.00. The van der Waals surface area contributed by atoms with Crippen LogP contribution < -0.4 is 10.6 Å². The van der Waals surface area contributed by atoms with Crippen molar-refractivity contribution in [1.82, 2.24) is 4.90 Å². The maximum atomic E-state index is 12.9. The van der Waals surface area contributed by atoms with Crippen molar-refractivity contribution in [2.24, 2.45) is 5.41 Å². The molecule has 1 aromatic carbocycles. The number of likely N-dealkylation sites (tertiary alicyclic amines) is 1. The summed E-state index contributed by atoms with van der Waals surface area (Å²) in [6, 6.07) is 5.57. The molecule has 0 aromatic heterocycles. The second-order valence-electron chi connectivity index (χ2n) is 6.35. The van der Waals surface area contributed by atoms with E-state index in [1.54, 1.807) is 6.07 Å². The average molecular weight is 289 g/mol. The lowest BCUT2D eigenvalue weighted by molar-refractivity contribution is 0.0770. The van der Waals surface area contributed by atoms with E-state index in [1.165, 1.54) is 0 Å². The molecular formula is C17H27N3O. The summed E-state index contributed by atoms with van der Waals surface area (Å²) >= 11 is 0. The maximum absolute atomic E-state index is 12.9. The van der Waals surface area contributed by atoms with Crippen molar-refractivity contribution in [1.29, 1.82) is 0 Å². The number of hydrogen-bond donors (Lipinski definition) is 1. The molecule has 1 heterocycles. The van der Waals surface area contributed by atoms with Crippen molar-refractivity contribution in [2.45, 2.75) is 33.1 Å². The first kappa shape index (κ1) is 15.7. The highest BCUT2D eigenvalue weighted by Crippen LogP contribution is 2.38. The van der Waals surface area contributed by atoms with Gasteiger partial charge in [-0.25, -0.2) is 0 Å². The number of carbonyl (C=O) groups excluding carboxylic acids is 1. The number of nitrogens with two attached hydrogens (primary N) is 1. The van der Waals surface area contributed by atoms with Gasteiger partial charge in [-0.2, -0.15) is 0 Å². The molecule has 0 bridgehead atoms. The van der Waals surface area contributed by atoms with Crippen LogP contribution in [0.15, 0.2) is 18.2 Å². The number of nitrogen functional groups attached to an aromatic ring is 1. The minimum atomic E-state index is 0.106. The van der Waals surface area contributed by atoms with Gasteiger partial charge in [-0.15, -0.1) is 0 Å². The molecule has 2 rings (SSSR count). The molecular weight excluding hydrogens is 262 g/mol. The zero-order chi connectivity index (χ0) is 15.6. The fraction of sp³-hybridized carbons (Fsp3) is 0.588. The highest BCUT2D eigenvalue weighted by atomic mass is 16.2. The summed E-state index contributed by atoms with van der Waals surface area (Å²) in [6.45, 7) is 6.16. The van der Waals surface area contributed by atoms with Gasteiger partial charge in [0.25, 0.3) is 5.91 Å². The number of amides is 1. The van der Waals surface area contributed by atoms with E-state index in [4.69, 9.17) is 5.73 Å². The Balaban J connectivity index is 2.27. The molecule has 4 nitrogen and oxygen atoms in total. The fourth-order valence-electron chi connectivity index (χ4n) is 3.22. The number of carbonyl (C=O) groups is 1. The maximum Gasteiger partial charge on any atom is 0.256 e. The van der Waals surface area contributed by atoms with Gasteiger partial charge < -0.3 is 15.5 Å². The Labute approximate surface area is 127 Å². The van der Waals surface area contributed by atoms with Crippen molar-refractivity contribution >= 4 is 17.3 Å². The Bertz CT molecular complexity index is 521. The van der Waals surface area contributed by atoms with Crippen LogP contribution in [-0.2, 0) is 0 Å². The molecule has 21 heavy (non-hydrogen) atoms. The normalized spacial score (nSPS) is 17.0. The van der Waals surface area contributed by atoms with Gasteiger partial charge in [0.15, 0.2) is 0 Å². The predicted octanol–water partition coefficient (Wildman–Crippen LogP) is 2.99. The molecule has 1 amide bonds. The van der Waals surface area contributed by atoms with E-state index < -0.39 is 0 Å². The second-order valence-corrected chi connectivity index (χ2v) is 6.35. The van der Waals surface area contributed by atoms with Gasteiger partial charge in [0.05, 0.1) is 5.56 Å². The molecule has 0 saturated carbocycles. The largest absolute Gasteiger partial charge is 0.399 e. The van der Waals surface area contributed by atoms with Crippen LogP contribution in [-0.4, -0.2) is 38.0 Å². The van der Waals surface area contributed by atoms with Crippen molar-refractivity contribution in [3.63, 3.8) is 0 Å². The Morgan fingerprint density at radius 3 is 2.52 bits per heavy atom. The summed E-state index contributed by atoms with van der Waals surface area (Å²) in [4.78, 5) is 16.9. The Morgan fingerprint density at radius 1 is 1.33 bits per heavy atom. The standard InChI is InChI=1S/C17H27N3O/c1-5-17(6-2)9-10-20(12-17)16(21)14-11-13(18)7-8-15(14)19(3)4/h7-8,11H,5-6,9-10,12,18H2,1-4H3.